The van der Waals surface area contributed by atoms with Crippen molar-refractivity contribution >= 4 is 0 Å². The number of benzene rings is 1. The van der Waals surface area contributed by atoms with Crippen molar-refractivity contribution in [2.75, 3.05) is 26.2 Å². The van der Waals surface area contributed by atoms with E-state index in [-0.39, 0.29) is 5.41 Å². The molecule has 2 N–H and O–H groups in total. The monoisotopic (exact) mass is 260 g/mol. The molecule has 3 rings (SSSR count). The van der Waals surface area contributed by atoms with E-state index in [0.29, 0.717) is 12.6 Å². The first-order valence-corrected chi connectivity index (χ1v) is 7.40. The minimum absolute atomic E-state index is 0.229. The summed E-state index contributed by atoms with van der Waals surface area (Å²) >= 11 is 0. The van der Waals surface area contributed by atoms with Crippen molar-refractivity contribution < 1.29 is 5.11 Å². The second kappa shape index (κ2) is 5.61. The molecule has 1 unspecified atom stereocenters. The van der Waals surface area contributed by atoms with Crippen molar-refractivity contribution in [3.8, 4) is 0 Å². The average Bonchev–Trinajstić information content (AvgIpc) is 3.11. The van der Waals surface area contributed by atoms with Crippen molar-refractivity contribution in [1.82, 2.24) is 10.2 Å². The van der Waals surface area contributed by atoms with E-state index in [0.717, 1.165) is 19.6 Å². The van der Waals surface area contributed by atoms with Crippen LogP contribution in [0.5, 0.6) is 0 Å². The molecule has 1 aliphatic carbocycles. The molecule has 1 heterocycles. The standard InChI is InChI=1S/C16H24N2O/c19-13-16(7-8-16)12-17-15-6-9-18(11-15)10-14-4-2-1-3-5-14/h1-5,15,17,19H,6-13H2. The van der Waals surface area contributed by atoms with Gasteiger partial charge in [0, 0.05) is 44.2 Å². The highest BCUT2D eigenvalue weighted by atomic mass is 16.3. The molecule has 19 heavy (non-hydrogen) atoms. The Balaban J connectivity index is 1.43. The van der Waals surface area contributed by atoms with Crippen LogP contribution in [0, 0.1) is 5.41 Å². The maximum atomic E-state index is 9.33. The zero-order valence-corrected chi connectivity index (χ0v) is 11.5. The summed E-state index contributed by atoms with van der Waals surface area (Å²) in [4.78, 5) is 2.52. The molecule has 3 heteroatoms. The Hall–Kier alpha value is -0.900. The molecule has 104 valence electrons. The number of aliphatic hydroxyl groups excluding tert-OH is 1. The Morgan fingerprint density at radius 3 is 2.74 bits per heavy atom. The quantitative estimate of drug-likeness (QED) is 0.816. The summed E-state index contributed by atoms with van der Waals surface area (Å²) in [6.45, 7) is 4.72. The Labute approximate surface area is 115 Å². The summed E-state index contributed by atoms with van der Waals surface area (Å²) in [7, 11) is 0. The van der Waals surface area contributed by atoms with E-state index in [4.69, 9.17) is 0 Å². The van der Waals surface area contributed by atoms with Crippen LogP contribution in [0.2, 0.25) is 0 Å². The number of nitrogens with zero attached hydrogens (tertiary/aromatic N) is 1. The Morgan fingerprint density at radius 1 is 1.26 bits per heavy atom. The Bertz CT molecular complexity index is 402. The van der Waals surface area contributed by atoms with Gasteiger partial charge in [-0.2, -0.15) is 0 Å². The van der Waals surface area contributed by atoms with E-state index in [9.17, 15) is 5.11 Å². The van der Waals surface area contributed by atoms with Gasteiger partial charge in [0.05, 0.1) is 0 Å². The molecule has 1 aromatic rings. The Kier molecular flexibility index (Phi) is 3.87. The lowest BCUT2D eigenvalue weighted by Crippen LogP contribution is -2.37. The summed E-state index contributed by atoms with van der Waals surface area (Å²) in [5.41, 5.74) is 1.63. The van der Waals surface area contributed by atoms with E-state index in [1.165, 1.54) is 31.4 Å². The molecule has 0 aromatic heterocycles. The van der Waals surface area contributed by atoms with E-state index in [1.54, 1.807) is 0 Å². The van der Waals surface area contributed by atoms with Gasteiger partial charge in [-0.3, -0.25) is 4.90 Å². The number of hydrogen-bond donors (Lipinski definition) is 2. The highest BCUT2D eigenvalue weighted by Gasteiger charge is 2.42. The van der Waals surface area contributed by atoms with Crippen LogP contribution < -0.4 is 5.32 Å². The molecule has 1 saturated carbocycles. The van der Waals surface area contributed by atoms with Crippen LogP contribution in [0.3, 0.4) is 0 Å². The van der Waals surface area contributed by atoms with Crippen LogP contribution in [-0.4, -0.2) is 42.3 Å². The molecule has 1 atom stereocenters. The van der Waals surface area contributed by atoms with Gasteiger partial charge >= 0.3 is 0 Å². The average molecular weight is 260 g/mol. The lowest BCUT2D eigenvalue weighted by Gasteiger charge is -2.19. The molecule has 1 aromatic carbocycles. The third kappa shape index (κ3) is 3.35. The molecule has 2 aliphatic rings. The lowest BCUT2D eigenvalue weighted by molar-refractivity contribution is 0.203. The SMILES string of the molecule is OCC1(CNC2CCN(Cc3ccccc3)C2)CC1. The van der Waals surface area contributed by atoms with Crippen molar-refractivity contribution in [2.45, 2.75) is 31.8 Å². The molecule has 1 saturated heterocycles. The first-order chi connectivity index (χ1) is 9.30. The van der Waals surface area contributed by atoms with Crippen LogP contribution in [-0.2, 0) is 6.54 Å². The Morgan fingerprint density at radius 2 is 2.05 bits per heavy atom. The molecule has 1 aliphatic heterocycles. The summed E-state index contributed by atoms with van der Waals surface area (Å²) in [5, 5.41) is 13.0. The zero-order valence-electron chi connectivity index (χ0n) is 11.5. The number of likely N-dealkylation sites (tertiary alicyclic amines) is 1. The van der Waals surface area contributed by atoms with Gasteiger partial charge in [-0.15, -0.1) is 0 Å². The van der Waals surface area contributed by atoms with Crippen LogP contribution >= 0.6 is 0 Å². The van der Waals surface area contributed by atoms with Gasteiger partial charge in [-0.25, -0.2) is 0 Å². The third-order valence-corrected chi connectivity index (χ3v) is 4.58. The van der Waals surface area contributed by atoms with Gasteiger partial charge in [0.25, 0.3) is 0 Å². The topological polar surface area (TPSA) is 35.5 Å². The maximum Gasteiger partial charge on any atom is 0.0499 e. The molecule has 2 fully saturated rings. The second-order valence-electron chi connectivity index (χ2n) is 6.25. The summed E-state index contributed by atoms with van der Waals surface area (Å²) < 4.78 is 0. The molecule has 0 amide bonds. The van der Waals surface area contributed by atoms with Crippen LogP contribution in [0.4, 0.5) is 0 Å². The first-order valence-electron chi connectivity index (χ1n) is 7.40. The smallest absolute Gasteiger partial charge is 0.0499 e. The molecule has 0 spiro atoms. The highest BCUT2D eigenvalue weighted by Crippen LogP contribution is 2.44. The predicted octanol–water partition coefficient (Wildman–Crippen LogP) is 1.62. The minimum atomic E-state index is 0.229. The second-order valence-corrected chi connectivity index (χ2v) is 6.25. The van der Waals surface area contributed by atoms with Gasteiger partial charge < -0.3 is 10.4 Å². The van der Waals surface area contributed by atoms with Crippen molar-refractivity contribution in [1.29, 1.82) is 0 Å². The molecule has 3 nitrogen and oxygen atoms in total. The van der Waals surface area contributed by atoms with Crippen molar-refractivity contribution in [2.24, 2.45) is 5.41 Å². The van der Waals surface area contributed by atoms with E-state index >= 15 is 0 Å². The fraction of sp³-hybridized carbons (Fsp3) is 0.625. The number of nitrogens with one attached hydrogen (secondary N) is 1. The third-order valence-electron chi connectivity index (χ3n) is 4.58. The number of aliphatic hydroxyl groups is 1. The van der Waals surface area contributed by atoms with E-state index in [1.807, 2.05) is 0 Å². The van der Waals surface area contributed by atoms with Gasteiger partial charge in [0.15, 0.2) is 0 Å². The normalized spacial score (nSPS) is 25.6. The molecular formula is C16H24N2O. The zero-order chi connectivity index (χ0) is 13.1. The number of rotatable bonds is 6. The van der Waals surface area contributed by atoms with Crippen LogP contribution in [0.15, 0.2) is 30.3 Å². The minimum Gasteiger partial charge on any atom is -0.396 e. The fourth-order valence-corrected chi connectivity index (χ4v) is 2.91. The highest BCUT2D eigenvalue weighted by molar-refractivity contribution is 5.14. The summed E-state index contributed by atoms with van der Waals surface area (Å²) in [6, 6.07) is 11.3. The molecule has 0 bridgehead atoms. The maximum absolute atomic E-state index is 9.33. The van der Waals surface area contributed by atoms with Gasteiger partial charge in [-0.1, -0.05) is 30.3 Å². The fourth-order valence-electron chi connectivity index (χ4n) is 2.91. The molecular weight excluding hydrogens is 236 g/mol. The van der Waals surface area contributed by atoms with E-state index < -0.39 is 0 Å². The largest absolute Gasteiger partial charge is 0.396 e. The number of hydrogen-bond acceptors (Lipinski definition) is 3. The summed E-state index contributed by atoms with van der Waals surface area (Å²) in [5.74, 6) is 0. The predicted molar refractivity (Wildman–Crippen MR) is 76.9 cm³/mol. The summed E-state index contributed by atoms with van der Waals surface area (Å²) in [6.07, 6.45) is 3.61. The van der Waals surface area contributed by atoms with Crippen LogP contribution in [0.1, 0.15) is 24.8 Å². The van der Waals surface area contributed by atoms with Gasteiger partial charge in [-0.05, 0) is 24.8 Å². The lowest BCUT2D eigenvalue weighted by atomic mass is 10.1. The van der Waals surface area contributed by atoms with E-state index in [2.05, 4.69) is 40.5 Å². The van der Waals surface area contributed by atoms with Gasteiger partial charge in [0.2, 0.25) is 0 Å². The van der Waals surface area contributed by atoms with Crippen molar-refractivity contribution in [3.05, 3.63) is 35.9 Å². The molecule has 0 radical (unpaired) electrons. The van der Waals surface area contributed by atoms with Crippen LogP contribution in [0.25, 0.3) is 0 Å². The first kappa shape index (κ1) is 13.1. The van der Waals surface area contributed by atoms with Crippen molar-refractivity contribution in [3.63, 3.8) is 0 Å². The van der Waals surface area contributed by atoms with Gasteiger partial charge in [0.1, 0.15) is 0 Å².